The van der Waals surface area contributed by atoms with Gasteiger partial charge in [-0.1, -0.05) is 30.3 Å². The molecule has 0 aliphatic heterocycles. The van der Waals surface area contributed by atoms with Crippen LogP contribution in [0.5, 0.6) is 0 Å². The fourth-order valence-corrected chi connectivity index (χ4v) is 1.85. The second kappa shape index (κ2) is 6.68. The Morgan fingerprint density at radius 3 is 2.50 bits per heavy atom. The molecule has 0 bridgehead atoms. The smallest absolute Gasteiger partial charge is 0.271 e. The van der Waals surface area contributed by atoms with Crippen LogP contribution >= 0.6 is 0 Å². The van der Waals surface area contributed by atoms with Crippen LogP contribution in [0.1, 0.15) is 11.1 Å². The van der Waals surface area contributed by atoms with E-state index in [0.29, 0.717) is 13.2 Å². The van der Waals surface area contributed by atoms with Gasteiger partial charge in [-0.3, -0.25) is 10.1 Å². The standard InChI is InChI=1S/C15H16N2O3/c1-20-11-13-7-5-12(6-8-13)10-16-14-3-2-4-15(9-14)17(18)19/h2-9,16H,10-11H2,1H3. The summed E-state index contributed by atoms with van der Waals surface area (Å²) in [7, 11) is 1.66. The Morgan fingerprint density at radius 2 is 1.85 bits per heavy atom. The molecule has 0 unspecified atom stereocenters. The Labute approximate surface area is 117 Å². The van der Waals surface area contributed by atoms with Crippen LogP contribution in [0.2, 0.25) is 0 Å². The van der Waals surface area contributed by atoms with E-state index in [1.165, 1.54) is 12.1 Å². The molecule has 2 rings (SSSR count). The highest BCUT2D eigenvalue weighted by molar-refractivity contribution is 5.51. The molecule has 5 heteroatoms. The van der Waals surface area contributed by atoms with E-state index in [2.05, 4.69) is 5.32 Å². The van der Waals surface area contributed by atoms with E-state index in [-0.39, 0.29) is 5.69 Å². The lowest BCUT2D eigenvalue weighted by Gasteiger charge is -2.07. The molecule has 0 saturated heterocycles. The van der Waals surface area contributed by atoms with E-state index in [4.69, 9.17) is 4.74 Å². The average molecular weight is 272 g/mol. The molecule has 0 aromatic heterocycles. The Kier molecular flexibility index (Phi) is 4.68. The molecule has 1 N–H and O–H groups in total. The van der Waals surface area contributed by atoms with Gasteiger partial charge in [0.1, 0.15) is 0 Å². The van der Waals surface area contributed by atoms with E-state index >= 15 is 0 Å². The number of hydrogen-bond acceptors (Lipinski definition) is 4. The van der Waals surface area contributed by atoms with E-state index < -0.39 is 4.92 Å². The molecule has 5 nitrogen and oxygen atoms in total. The van der Waals surface area contributed by atoms with Crippen molar-refractivity contribution in [3.8, 4) is 0 Å². The first kappa shape index (κ1) is 14.0. The minimum Gasteiger partial charge on any atom is -0.381 e. The van der Waals surface area contributed by atoms with Crippen molar-refractivity contribution in [2.24, 2.45) is 0 Å². The molecule has 2 aromatic rings. The summed E-state index contributed by atoms with van der Waals surface area (Å²) < 4.78 is 5.05. The summed E-state index contributed by atoms with van der Waals surface area (Å²) in [4.78, 5) is 10.3. The molecule has 0 aliphatic carbocycles. The number of hydrogen-bond donors (Lipinski definition) is 1. The summed E-state index contributed by atoms with van der Waals surface area (Å²) in [5, 5.41) is 13.9. The topological polar surface area (TPSA) is 64.4 Å². The minimum atomic E-state index is -0.398. The number of methoxy groups -OCH3 is 1. The van der Waals surface area contributed by atoms with Gasteiger partial charge in [0.15, 0.2) is 0 Å². The van der Waals surface area contributed by atoms with Crippen LogP contribution in [0.25, 0.3) is 0 Å². The highest BCUT2D eigenvalue weighted by Crippen LogP contribution is 2.17. The van der Waals surface area contributed by atoms with Crippen molar-refractivity contribution in [1.29, 1.82) is 0 Å². The predicted molar refractivity (Wildman–Crippen MR) is 77.6 cm³/mol. The molecule has 0 atom stereocenters. The van der Waals surface area contributed by atoms with Gasteiger partial charge in [-0.05, 0) is 17.2 Å². The van der Waals surface area contributed by atoms with Crippen molar-refractivity contribution in [3.63, 3.8) is 0 Å². The second-order valence-corrected chi connectivity index (χ2v) is 4.41. The maximum atomic E-state index is 10.7. The van der Waals surface area contributed by atoms with Gasteiger partial charge in [-0.25, -0.2) is 0 Å². The van der Waals surface area contributed by atoms with Crippen molar-refractivity contribution in [1.82, 2.24) is 0 Å². The summed E-state index contributed by atoms with van der Waals surface area (Å²) in [6, 6.07) is 14.5. The average Bonchev–Trinajstić information content (AvgIpc) is 2.47. The molecule has 0 fully saturated rings. The Hall–Kier alpha value is -2.40. The maximum absolute atomic E-state index is 10.7. The zero-order valence-electron chi connectivity index (χ0n) is 11.2. The van der Waals surface area contributed by atoms with Gasteiger partial charge in [-0.15, -0.1) is 0 Å². The van der Waals surface area contributed by atoms with Crippen molar-refractivity contribution in [2.45, 2.75) is 13.2 Å². The van der Waals surface area contributed by atoms with Gasteiger partial charge < -0.3 is 10.1 Å². The van der Waals surface area contributed by atoms with Gasteiger partial charge >= 0.3 is 0 Å². The van der Waals surface area contributed by atoms with E-state index in [1.54, 1.807) is 13.2 Å². The molecule has 0 radical (unpaired) electrons. The Balaban J connectivity index is 1.97. The number of benzene rings is 2. The number of nitro groups is 1. The molecule has 2 aromatic carbocycles. The summed E-state index contributed by atoms with van der Waals surface area (Å²) in [6.45, 7) is 1.22. The molecular weight excluding hydrogens is 256 g/mol. The lowest BCUT2D eigenvalue weighted by atomic mass is 10.1. The molecule has 0 heterocycles. The molecular formula is C15H16N2O3. The van der Waals surface area contributed by atoms with Gasteiger partial charge in [0, 0.05) is 31.5 Å². The number of rotatable bonds is 6. The number of ether oxygens (including phenoxy) is 1. The molecule has 20 heavy (non-hydrogen) atoms. The highest BCUT2D eigenvalue weighted by Gasteiger charge is 2.05. The summed E-state index contributed by atoms with van der Waals surface area (Å²) >= 11 is 0. The van der Waals surface area contributed by atoms with Crippen LogP contribution in [0.15, 0.2) is 48.5 Å². The predicted octanol–water partition coefficient (Wildman–Crippen LogP) is 3.35. The van der Waals surface area contributed by atoms with E-state index in [0.717, 1.165) is 16.8 Å². The third-order valence-electron chi connectivity index (χ3n) is 2.89. The largest absolute Gasteiger partial charge is 0.381 e. The number of non-ortho nitro benzene ring substituents is 1. The van der Waals surface area contributed by atoms with Crippen LogP contribution in [-0.2, 0) is 17.9 Å². The zero-order chi connectivity index (χ0) is 14.4. The quantitative estimate of drug-likeness (QED) is 0.647. The maximum Gasteiger partial charge on any atom is 0.271 e. The first-order chi connectivity index (χ1) is 9.69. The van der Waals surface area contributed by atoms with Crippen LogP contribution in [-0.4, -0.2) is 12.0 Å². The number of nitrogens with one attached hydrogen (secondary N) is 1. The van der Waals surface area contributed by atoms with Crippen LogP contribution < -0.4 is 5.32 Å². The van der Waals surface area contributed by atoms with E-state index in [1.807, 2.05) is 30.3 Å². The first-order valence-corrected chi connectivity index (χ1v) is 6.24. The zero-order valence-corrected chi connectivity index (χ0v) is 11.2. The third kappa shape index (κ3) is 3.80. The van der Waals surface area contributed by atoms with Crippen LogP contribution in [0, 0.1) is 10.1 Å². The summed E-state index contributed by atoms with van der Waals surface area (Å²) in [5.41, 5.74) is 3.05. The van der Waals surface area contributed by atoms with Crippen molar-refractivity contribution in [3.05, 3.63) is 69.8 Å². The highest BCUT2D eigenvalue weighted by atomic mass is 16.6. The van der Waals surface area contributed by atoms with E-state index in [9.17, 15) is 10.1 Å². The molecule has 0 saturated carbocycles. The first-order valence-electron chi connectivity index (χ1n) is 6.24. The molecule has 0 spiro atoms. The summed E-state index contributed by atoms with van der Waals surface area (Å²) in [6.07, 6.45) is 0. The Morgan fingerprint density at radius 1 is 1.15 bits per heavy atom. The van der Waals surface area contributed by atoms with Crippen LogP contribution in [0.3, 0.4) is 0 Å². The van der Waals surface area contributed by atoms with Gasteiger partial charge in [0.25, 0.3) is 5.69 Å². The fraction of sp³-hybridized carbons (Fsp3) is 0.200. The number of nitrogens with zero attached hydrogens (tertiary/aromatic N) is 1. The third-order valence-corrected chi connectivity index (χ3v) is 2.89. The number of anilines is 1. The fourth-order valence-electron chi connectivity index (χ4n) is 1.85. The van der Waals surface area contributed by atoms with Crippen molar-refractivity contribution in [2.75, 3.05) is 12.4 Å². The lowest BCUT2D eigenvalue weighted by molar-refractivity contribution is -0.384. The Bertz CT molecular complexity index is 582. The lowest BCUT2D eigenvalue weighted by Crippen LogP contribution is -2.00. The second-order valence-electron chi connectivity index (χ2n) is 4.41. The molecule has 104 valence electrons. The van der Waals surface area contributed by atoms with Crippen LogP contribution in [0.4, 0.5) is 11.4 Å². The van der Waals surface area contributed by atoms with Gasteiger partial charge in [-0.2, -0.15) is 0 Å². The normalized spacial score (nSPS) is 10.2. The molecule has 0 amide bonds. The van der Waals surface area contributed by atoms with Crippen molar-refractivity contribution < 1.29 is 9.66 Å². The van der Waals surface area contributed by atoms with Crippen molar-refractivity contribution >= 4 is 11.4 Å². The summed E-state index contributed by atoms with van der Waals surface area (Å²) in [5.74, 6) is 0. The van der Waals surface area contributed by atoms with Gasteiger partial charge in [0.05, 0.1) is 11.5 Å². The SMILES string of the molecule is COCc1ccc(CNc2cccc([N+](=O)[O-])c2)cc1. The van der Waals surface area contributed by atoms with Gasteiger partial charge in [0.2, 0.25) is 0 Å². The number of nitro benzene ring substituents is 1. The minimum absolute atomic E-state index is 0.0884. The molecule has 0 aliphatic rings. The monoisotopic (exact) mass is 272 g/mol.